The monoisotopic (exact) mass is 747 g/mol. The van der Waals surface area contributed by atoms with Crippen LogP contribution in [0.5, 0.6) is 0 Å². The SMILES string of the molecule is CC(C)=N/C=C(\C)N/C=N/C1=C(C=N)CN(c2cc(NC(=O)c3ccc4c(c3)N(Cc3ccccc3)C(=O)[C@H](C)N=C4c3ccccc3)ccc2C)C(=O)N1C. The van der Waals surface area contributed by atoms with Gasteiger partial charge in [0.2, 0.25) is 0 Å². The van der Waals surface area contributed by atoms with Crippen molar-refractivity contribution < 1.29 is 14.4 Å². The highest BCUT2D eigenvalue weighted by molar-refractivity contribution is 6.21. The molecule has 0 radical (unpaired) electrons. The number of nitrogens with one attached hydrogen (secondary N) is 3. The van der Waals surface area contributed by atoms with Crippen LogP contribution in [-0.4, -0.2) is 66.4 Å². The highest BCUT2D eigenvalue weighted by Crippen LogP contribution is 2.33. The van der Waals surface area contributed by atoms with Gasteiger partial charge >= 0.3 is 6.03 Å². The molecule has 0 aliphatic carbocycles. The summed E-state index contributed by atoms with van der Waals surface area (Å²) in [4.78, 5) is 60.0. The summed E-state index contributed by atoms with van der Waals surface area (Å²) in [6.07, 6.45) is 4.35. The van der Waals surface area contributed by atoms with Gasteiger partial charge in [0.05, 0.1) is 36.5 Å². The van der Waals surface area contributed by atoms with E-state index in [1.54, 1.807) is 54.2 Å². The zero-order chi connectivity index (χ0) is 39.9. The quantitative estimate of drug-likeness (QED) is 0.107. The number of nitrogens with zero attached hydrogens (tertiary/aromatic N) is 6. The topological polar surface area (TPSA) is 146 Å². The van der Waals surface area contributed by atoms with E-state index < -0.39 is 6.04 Å². The van der Waals surface area contributed by atoms with Crippen molar-refractivity contribution in [3.63, 3.8) is 0 Å². The maximum absolute atomic E-state index is 14.0. The molecule has 0 spiro atoms. The van der Waals surface area contributed by atoms with E-state index in [9.17, 15) is 14.4 Å². The Bertz CT molecular complexity index is 2320. The number of benzodiazepines with no additional fused rings is 1. The van der Waals surface area contributed by atoms with E-state index in [-0.39, 0.29) is 24.4 Å². The summed E-state index contributed by atoms with van der Waals surface area (Å²) in [5, 5.41) is 14.2. The fourth-order valence-corrected chi connectivity index (χ4v) is 6.42. The molecule has 3 N–H and O–H groups in total. The van der Waals surface area contributed by atoms with Gasteiger partial charge in [0.25, 0.3) is 11.8 Å². The molecule has 2 heterocycles. The van der Waals surface area contributed by atoms with E-state index in [4.69, 9.17) is 10.4 Å². The van der Waals surface area contributed by atoms with Crippen LogP contribution in [0.15, 0.2) is 135 Å². The van der Waals surface area contributed by atoms with Crippen LogP contribution in [0.1, 0.15) is 60.3 Å². The fourth-order valence-electron chi connectivity index (χ4n) is 6.42. The number of urea groups is 1. The van der Waals surface area contributed by atoms with E-state index in [2.05, 4.69) is 20.6 Å². The maximum atomic E-state index is 14.0. The zero-order valence-corrected chi connectivity index (χ0v) is 32.4. The third kappa shape index (κ3) is 8.55. The lowest BCUT2D eigenvalue weighted by molar-refractivity contribution is -0.119. The molecule has 0 bridgehead atoms. The number of aliphatic imine (C=N–C) groups is 3. The Balaban J connectivity index is 1.29. The van der Waals surface area contributed by atoms with Gasteiger partial charge in [-0.15, -0.1) is 0 Å². The normalized spacial score (nSPS) is 16.0. The number of anilines is 3. The Labute approximate surface area is 327 Å². The van der Waals surface area contributed by atoms with Crippen LogP contribution in [-0.2, 0) is 11.3 Å². The number of rotatable bonds is 11. The highest BCUT2D eigenvalue weighted by Gasteiger charge is 2.32. The summed E-state index contributed by atoms with van der Waals surface area (Å²) in [5.41, 5.74) is 8.21. The minimum Gasteiger partial charge on any atom is -0.349 e. The molecule has 284 valence electrons. The number of allylic oxidation sites excluding steroid dienone is 1. The summed E-state index contributed by atoms with van der Waals surface area (Å²) in [5.74, 6) is -0.220. The first-order valence-electron chi connectivity index (χ1n) is 18.3. The van der Waals surface area contributed by atoms with E-state index >= 15 is 0 Å². The van der Waals surface area contributed by atoms with Gasteiger partial charge in [-0.3, -0.25) is 29.4 Å². The zero-order valence-electron chi connectivity index (χ0n) is 32.4. The molecule has 56 heavy (non-hydrogen) atoms. The Kier molecular flexibility index (Phi) is 11.8. The number of fused-ring (bicyclic) bond motifs is 1. The summed E-state index contributed by atoms with van der Waals surface area (Å²) in [6.45, 7) is 9.73. The van der Waals surface area contributed by atoms with Crippen molar-refractivity contribution in [3.8, 4) is 0 Å². The fraction of sp³-hybridized carbons (Fsp3) is 0.205. The third-order valence-corrected chi connectivity index (χ3v) is 9.36. The molecule has 2 aliphatic rings. The third-order valence-electron chi connectivity index (χ3n) is 9.36. The minimum atomic E-state index is -0.653. The van der Waals surface area contributed by atoms with Gasteiger partial charge in [-0.25, -0.2) is 9.79 Å². The van der Waals surface area contributed by atoms with Crippen LogP contribution in [0.25, 0.3) is 0 Å². The van der Waals surface area contributed by atoms with E-state index in [1.165, 1.54) is 17.5 Å². The van der Waals surface area contributed by atoms with E-state index in [0.717, 1.165) is 33.7 Å². The molecule has 12 nitrogen and oxygen atoms in total. The molecule has 12 heteroatoms. The lowest BCUT2D eigenvalue weighted by Crippen LogP contribution is -2.47. The molecule has 1 atom stereocenters. The average Bonchev–Trinajstić information content (AvgIpc) is 3.30. The first-order chi connectivity index (χ1) is 26.9. The van der Waals surface area contributed by atoms with Gasteiger partial charge in [-0.2, -0.15) is 0 Å². The van der Waals surface area contributed by atoms with Crippen LogP contribution >= 0.6 is 0 Å². The summed E-state index contributed by atoms with van der Waals surface area (Å²) < 4.78 is 0. The largest absolute Gasteiger partial charge is 0.349 e. The average molecular weight is 748 g/mol. The van der Waals surface area contributed by atoms with Gasteiger partial charge in [0.15, 0.2) is 0 Å². The van der Waals surface area contributed by atoms with Crippen molar-refractivity contribution in [1.29, 1.82) is 5.41 Å². The molecule has 0 aromatic heterocycles. The number of hydrogen-bond acceptors (Lipinski definition) is 7. The molecule has 6 rings (SSSR count). The summed E-state index contributed by atoms with van der Waals surface area (Å²) >= 11 is 0. The van der Waals surface area contributed by atoms with Gasteiger partial charge in [-0.05, 0) is 76.1 Å². The molecule has 0 saturated heterocycles. The van der Waals surface area contributed by atoms with Crippen LogP contribution in [0.3, 0.4) is 0 Å². The molecule has 4 aromatic carbocycles. The Morgan fingerprint density at radius 1 is 0.946 bits per heavy atom. The van der Waals surface area contributed by atoms with Crippen molar-refractivity contribution in [2.24, 2.45) is 15.0 Å². The molecule has 4 amide bonds. The first-order valence-corrected chi connectivity index (χ1v) is 18.3. The predicted molar refractivity (Wildman–Crippen MR) is 225 cm³/mol. The number of aryl methyl sites for hydroxylation is 1. The van der Waals surface area contributed by atoms with Crippen molar-refractivity contribution in [3.05, 3.63) is 148 Å². The van der Waals surface area contributed by atoms with Crippen LogP contribution in [0.4, 0.5) is 21.9 Å². The number of benzene rings is 4. The second-order valence-electron chi connectivity index (χ2n) is 13.8. The predicted octanol–water partition coefficient (Wildman–Crippen LogP) is 7.71. The van der Waals surface area contributed by atoms with Gasteiger partial charge < -0.3 is 20.9 Å². The van der Waals surface area contributed by atoms with Gasteiger partial charge in [-0.1, -0.05) is 66.7 Å². The first kappa shape index (κ1) is 38.8. The van der Waals surface area contributed by atoms with Crippen LogP contribution < -0.4 is 20.4 Å². The molecule has 0 saturated carbocycles. The number of amides is 4. The van der Waals surface area contributed by atoms with Crippen molar-refractivity contribution in [2.45, 2.75) is 47.2 Å². The Morgan fingerprint density at radius 2 is 1.66 bits per heavy atom. The summed E-state index contributed by atoms with van der Waals surface area (Å²) in [7, 11) is 1.61. The summed E-state index contributed by atoms with van der Waals surface area (Å²) in [6, 6.07) is 29.1. The van der Waals surface area contributed by atoms with Crippen LogP contribution in [0, 0.1) is 12.3 Å². The number of carbonyl (C=O) groups excluding carboxylic acids is 3. The number of carbonyl (C=O) groups is 3. The second-order valence-corrected chi connectivity index (χ2v) is 13.8. The van der Waals surface area contributed by atoms with E-state index in [0.29, 0.717) is 46.3 Å². The molecule has 2 aliphatic heterocycles. The van der Waals surface area contributed by atoms with E-state index in [1.807, 2.05) is 100 Å². The Morgan fingerprint density at radius 3 is 2.36 bits per heavy atom. The van der Waals surface area contributed by atoms with Crippen molar-refractivity contribution in [1.82, 2.24) is 10.2 Å². The van der Waals surface area contributed by atoms with Crippen molar-refractivity contribution in [2.75, 3.05) is 28.7 Å². The highest BCUT2D eigenvalue weighted by atomic mass is 16.2. The lowest BCUT2D eigenvalue weighted by atomic mass is 9.98. The molecular formula is C44H45N9O3. The smallest absolute Gasteiger partial charge is 0.330 e. The molecule has 0 unspecified atom stereocenters. The van der Waals surface area contributed by atoms with Crippen molar-refractivity contribution >= 4 is 58.9 Å². The molecule has 0 fully saturated rings. The maximum Gasteiger partial charge on any atom is 0.330 e. The standard InChI is InChI=1S/C44H45N9O3/c1-28(2)46-24-30(4)47-27-48-41-35(23-45)26-53(44(56)51(41)6)38-22-36(19-17-29(38)3)50-42(54)34-18-20-37-39(21-34)52(25-32-13-9-7-10-14-32)43(55)31(5)49-40(37)33-15-11-8-12-16-33/h7-24,27,31,45H,25-26H2,1-6H3,(H,47,48)(H,50,54)/b30-24+,45-23?/t31-/m0/s1. The molecular weight excluding hydrogens is 703 g/mol. The molecule has 4 aromatic rings. The van der Waals surface area contributed by atoms with Gasteiger partial charge in [0.1, 0.15) is 11.9 Å². The second kappa shape index (κ2) is 17.0. The van der Waals surface area contributed by atoms with Gasteiger partial charge in [0, 0.05) is 58.8 Å². The van der Waals surface area contributed by atoms with Crippen LogP contribution in [0.2, 0.25) is 0 Å². The number of hydrogen-bond donors (Lipinski definition) is 3. The minimum absolute atomic E-state index is 0.103. The Hall–Kier alpha value is -6.95. The lowest BCUT2D eigenvalue weighted by Gasteiger charge is -2.35.